The van der Waals surface area contributed by atoms with Gasteiger partial charge in [0, 0.05) is 36.6 Å². The molecule has 0 bridgehead atoms. The van der Waals surface area contributed by atoms with Crippen LogP contribution in [0, 0.1) is 5.41 Å². The van der Waals surface area contributed by atoms with Gasteiger partial charge in [0.2, 0.25) is 5.88 Å². The average Bonchev–Trinajstić information content (AvgIpc) is 2.99. The molecule has 1 aliphatic carbocycles. The van der Waals surface area contributed by atoms with Gasteiger partial charge in [0.15, 0.2) is 0 Å². The average molecular weight is 411 g/mol. The summed E-state index contributed by atoms with van der Waals surface area (Å²) in [6.45, 7) is 0.0439. The van der Waals surface area contributed by atoms with Gasteiger partial charge in [0.05, 0.1) is 29.9 Å². The molecule has 0 aliphatic heterocycles. The van der Waals surface area contributed by atoms with Gasteiger partial charge in [-0.15, -0.1) is 0 Å². The number of aliphatic hydroxyl groups excluding tert-OH is 2. The van der Waals surface area contributed by atoms with Crippen molar-refractivity contribution in [3.63, 3.8) is 0 Å². The Morgan fingerprint density at radius 2 is 1.93 bits per heavy atom. The van der Waals surface area contributed by atoms with Gasteiger partial charge in [0.25, 0.3) is 5.91 Å². The number of ether oxygens (including phenoxy) is 1. The van der Waals surface area contributed by atoms with Crippen molar-refractivity contribution in [2.24, 2.45) is 5.41 Å². The van der Waals surface area contributed by atoms with E-state index in [1.807, 2.05) is 0 Å². The van der Waals surface area contributed by atoms with Crippen molar-refractivity contribution in [3.8, 4) is 5.88 Å². The summed E-state index contributed by atoms with van der Waals surface area (Å²) in [5.74, 6) is -0.396. The van der Waals surface area contributed by atoms with Crippen molar-refractivity contribution >= 4 is 5.91 Å². The van der Waals surface area contributed by atoms with Gasteiger partial charge >= 0.3 is 6.18 Å². The van der Waals surface area contributed by atoms with Gasteiger partial charge < -0.3 is 20.3 Å². The van der Waals surface area contributed by atoms with Crippen LogP contribution in [0.4, 0.5) is 13.2 Å². The summed E-state index contributed by atoms with van der Waals surface area (Å²) in [5, 5.41) is 22.7. The number of halogens is 3. The Morgan fingerprint density at radius 1 is 1.21 bits per heavy atom. The van der Waals surface area contributed by atoms with Gasteiger partial charge in [-0.25, -0.2) is 4.98 Å². The molecular weight excluding hydrogens is 391 g/mol. The highest BCUT2D eigenvalue weighted by molar-refractivity contribution is 5.93. The van der Waals surface area contributed by atoms with Crippen LogP contribution in [0.3, 0.4) is 0 Å². The predicted octanol–water partition coefficient (Wildman–Crippen LogP) is 1.81. The number of aromatic nitrogens is 2. The lowest BCUT2D eigenvalue weighted by atomic mass is 9.86. The molecule has 7 nitrogen and oxygen atoms in total. The topological polar surface area (TPSA) is 105 Å². The molecule has 1 fully saturated rings. The third kappa shape index (κ3) is 5.21. The van der Waals surface area contributed by atoms with E-state index in [1.54, 1.807) is 12.1 Å². The Balaban J connectivity index is 1.66. The molecule has 156 valence electrons. The van der Waals surface area contributed by atoms with Crippen molar-refractivity contribution in [2.45, 2.75) is 31.2 Å². The van der Waals surface area contributed by atoms with Crippen LogP contribution in [0.2, 0.25) is 0 Å². The van der Waals surface area contributed by atoms with Crippen LogP contribution in [0.15, 0.2) is 42.9 Å². The lowest BCUT2D eigenvalue weighted by Crippen LogP contribution is -2.40. The van der Waals surface area contributed by atoms with Gasteiger partial charge in [-0.3, -0.25) is 9.78 Å². The van der Waals surface area contributed by atoms with E-state index in [0.717, 1.165) is 12.1 Å². The second-order valence-electron chi connectivity index (χ2n) is 7.14. The van der Waals surface area contributed by atoms with Gasteiger partial charge in [-0.05, 0) is 31.0 Å². The zero-order valence-corrected chi connectivity index (χ0v) is 15.3. The molecule has 1 saturated carbocycles. The fourth-order valence-corrected chi connectivity index (χ4v) is 3.28. The van der Waals surface area contributed by atoms with Crippen LogP contribution in [0.1, 0.15) is 28.8 Å². The van der Waals surface area contributed by atoms with Crippen LogP contribution in [-0.4, -0.2) is 51.4 Å². The zero-order valence-electron chi connectivity index (χ0n) is 15.3. The van der Waals surface area contributed by atoms with Crippen LogP contribution in [0.25, 0.3) is 0 Å². The first-order valence-corrected chi connectivity index (χ1v) is 8.89. The fourth-order valence-electron chi connectivity index (χ4n) is 3.28. The molecule has 0 saturated heterocycles. The molecule has 10 heteroatoms. The smallest absolute Gasteiger partial charge is 0.417 e. The van der Waals surface area contributed by atoms with E-state index < -0.39 is 29.4 Å². The number of carbonyl (C=O) groups excluding carboxylic acids is 1. The Labute approximate surface area is 164 Å². The normalized spacial score (nSPS) is 24.3. The molecule has 2 aromatic rings. The number of nitrogens with zero attached hydrogens (tertiary/aromatic N) is 2. The molecule has 2 aromatic heterocycles. The summed E-state index contributed by atoms with van der Waals surface area (Å²) in [4.78, 5) is 19.8. The second kappa shape index (κ2) is 8.34. The molecule has 3 N–H and O–H groups in total. The van der Waals surface area contributed by atoms with Crippen LogP contribution >= 0.6 is 0 Å². The number of pyridine rings is 2. The third-order valence-electron chi connectivity index (χ3n) is 4.87. The van der Waals surface area contributed by atoms with E-state index in [-0.39, 0.29) is 37.8 Å². The molecule has 2 heterocycles. The molecule has 0 aromatic carbocycles. The van der Waals surface area contributed by atoms with Crippen LogP contribution in [0.5, 0.6) is 5.88 Å². The molecule has 29 heavy (non-hydrogen) atoms. The van der Waals surface area contributed by atoms with E-state index in [2.05, 4.69) is 15.3 Å². The summed E-state index contributed by atoms with van der Waals surface area (Å²) in [5.41, 5.74) is -1.34. The summed E-state index contributed by atoms with van der Waals surface area (Å²) in [7, 11) is 0. The molecule has 1 aliphatic rings. The van der Waals surface area contributed by atoms with Crippen molar-refractivity contribution in [1.29, 1.82) is 0 Å². The molecule has 3 rings (SSSR count). The predicted molar refractivity (Wildman–Crippen MR) is 95.0 cm³/mol. The maximum Gasteiger partial charge on any atom is 0.417 e. The maximum absolute atomic E-state index is 12.6. The second-order valence-corrected chi connectivity index (χ2v) is 7.14. The van der Waals surface area contributed by atoms with E-state index >= 15 is 0 Å². The minimum absolute atomic E-state index is 0.0214. The summed E-state index contributed by atoms with van der Waals surface area (Å²) >= 11 is 0. The lowest BCUT2D eigenvalue weighted by molar-refractivity contribution is -0.137. The summed E-state index contributed by atoms with van der Waals surface area (Å²) in [6, 6.07) is 5.17. The highest BCUT2D eigenvalue weighted by Crippen LogP contribution is 2.39. The SMILES string of the molecule is O=C(NCC1(COc2ccc(C(F)(F)F)cn2)CC(O)C(O)C1)c1cccnc1. The highest BCUT2D eigenvalue weighted by Gasteiger charge is 2.45. The Hall–Kier alpha value is -2.72. The fraction of sp³-hybridized carbons (Fsp3) is 0.421. The van der Waals surface area contributed by atoms with E-state index in [1.165, 1.54) is 12.4 Å². The first kappa shape index (κ1) is 21.0. The standard InChI is InChI=1S/C19H20F3N3O4/c20-19(21,22)13-3-4-16(24-9-13)29-11-18(6-14(26)15(27)7-18)10-25-17(28)12-2-1-5-23-8-12/h1-5,8-9,14-15,26-27H,6-7,10-11H2,(H,25,28). The number of hydrogen-bond acceptors (Lipinski definition) is 6. The number of hydrogen-bond donors (Lipinski definition) is 3. The third-order valence-corrected chi connectivity index (χ3v) is 4.87. The number of rotatable bonds is 6. The van der Waals surface area contributed by atoms with Gasteiger partial charge in [-0.1, -0.05) is 0 Å². The molecular formula is C19H20F3N3O4. The van der Waals surface area contributed by atoms with Crippen molar-refractivity contribution in [2.75, 3.05) is 13.2 Å². The zero-order chi connectivity index (χ0) is 21.1. The molecule has 2 unspecified atom stereocenters. The molecule has 0 radical (unpaired) electrons. The number of alkyl halides is 3. The van der Waals surface area contributed by atoms with Crippen LogP contribution < -0.4 is 10.1 Å². The molecule has 1 amide bonds. The largest absolute Gasteiger partial charge is 0.477 e. The first-order chi connectivity index (χ1) is 13.7. The van der Waals surface area contributed by atoms with Gasteiger partial charge in [-0.2, -0.15) is 13.2 Å². The number of carbonyl (C=O) groups is 1. The quantitative estimate of drug-likeness (QED) is 0.670. The molecule has 0 spiro atoms. The Morgan fingerprint density at radius 3 is 2.48 bits per heavy atom. The highest BCUT2D eigenvalue weighted by atomic mass is 19.4. The summed E-state index contributed by atoms with van der Waals surface area (Å²) < 4.78 is 43.4. The number of aliphatic hydroxyl groups is 2. The monoisotopic (exact) mass is 411 g/mol. The summed E-state index contributed by atoms with van der Waals surface area (Å²) in [6.07, 6.45) is -2.56. The maximum atomic E-state index is 12.6. The minimum atomic E-state index is -4.50. The van der Waals surface area contributed by atoms with Gasteiger partial charge in [0.1, 0.15) is 0 Å². The van der Waals surface area contributed by atoms with E-state index in [4.69, 9.17) is 4.74 Å². The first-order valence-electron chi connectivity index (χ1n) is 8.89. The van der Waals surface area contributed by atoms with E-state index in [0.29, 0.717) is 11.8 Å². The Bertz CT molecular complexity index is 821. The Kier molecular flexibility index (Phi) is 6.04. The lowest BCUT2D eigenvalue weighted by Gasteiger charge is -2.29. The molecule has 2 atom stereocenters. The van der Waals surface area contributed by atoms with Crippen LogP contribution in [-0.2, 0) is 6.18 Å². The number of nitrogens with one attached hydrogen (secondary N) is 1. The van der Waals surface area contributed by atoms with Crippen molar-refractivity contribution < 1.29 is 32.9 Å². The number of amides is 1. The van der Waals surface area contributed by atoms with Crippen molar-refractivity contribution in [3.05, 3.63) is 54.0 Å². The van der Waals surface area contributed by atoms with Crippen molar-refractivity contribution in [1.82, 2.24) is 15.3 Å². The van der Waals surface area contributed by atoms with E-state index in [9.17, 15) is 28.2 Å². The minimum Gasteiger partial charge on any atom is -0.477 e.